The zero-order valence-corrected chi connectivity index (χ0v) is 11.4. The molecular formula is C13H13ClFN3O2. The van der Waals surface area contributed by atoms with Crippen LogP contribution in [0.2, 0.25) is 5.02 Å². The third-order valence-electron chi connectivity index (χ3n) is 3.66. The number of aromatic amines is 1. The number of nitrogens with one attached hydrogen (secondary N) is 2. The van der Waals surface area contributed by atoms with Crippen LogP contribution in [0, 0.1) is 5.82 Å². The van der Waals surface area contributed by atoms with Gasteiger partial charge in [0.05, 0.1) is 11.6 Å². The van der Waals surface area contributed by atoms with Crippen molar-refractivity contribution in [2.45, 2.75) is 18.7 Å². The van der Waals surface area contributed by atoms with E-state index in [0.29, 0.717) is 11.9 Å². The van der Waals surface area contributed by atoms with Crippen molar-refractivity contribution in [1.82, 2.24) is 15.2 Å². The van der Waals surface area contributed by atoms with Crippen molar-refractivity contribution >= 4 is 28.5 Å². The number of nitrogens with zero attached hydrogens (tertiary/aromatic N) is 1. The lowest BCUT2D eigenvalue weighted by atomic mass is 10.0. The zero-order valence-electron chi connectivity index (χ0n) is 10.7. The van der Waals surface area contributed by atoms with Crippen LogP contribution in [0.4, 0.5) is 9.18 Å². The highest BCUT2D eigenvalue weighted by Crippen LogP contribution is 2.29. The van der Waals surface area contributed by atoms with Gasteiger partial charge >= 0.3 is 6.03 Å². The Bertz CT molecular complexity index is 688. The fraction of sp³-hybridized carbons (Fsp3) is 0.308. The standard InChI is InChI=1S/C13H13ClFN3O2/c1-18-12(19)9(17-13(18)20)4-6-5-16-11-7(6)2-3-8(15)10(11)14/h2-3,5,9,12,16,19H,4H2,1H3,(H,17,20)/t9-,12?/m0/s1. The molecule has 0 radical (unpaired) electrons. The summed E-state index contributed by atoms with van der Waals surface area (Å²) in [6, 6.07) is 2.22. The lowest BCUT2D eigenvalue weighted by molar-refractivity contribution is 0.0564. The first-order valence-corrected chi connectivity index (χ1v) is 6.52. The van der Waals surface area contributed by atoms with Crippen molar-refractivity contribution in [3.8, 4) is 0 Å². The molecular weight excluding hydrogens is 285 g/mol. The average molecular weight is 298 g/mol. The lowest BCUT2D eigenvalue weighted by Crippen LogP contribution is -2.35. The molecule has 0 aliphatic carbocycles. The SMILES string of the molecule is CN1C(=O)N[C@@H](Cc2c[nH]c3c(Cl)c(F)ccc23)C1O. The molecule has 0 bridgehead atoms. The van der Waals surface area contributed by atoms with E-state index in [1.165, 1.54) is 18.0 Å². The van der Waals surface area contributed by atoms with Crippen LogP contribution in [0.1, 0.15) is 5.56 Å². The summed E-state index contributed by atoms with van der Waals surface area (Å²) >= 11 is 5.90. The van der Waals surface area contributed by atoms with Crippen LogP contribution in [0.5, 0.6) is 0 Å². The number of aliphatic hydroxyl groups excluding tert-OH is 1. The van der Waals surface area contributed by atoms with E-state index in [1.807, 2.05) is 0 Å². The first-order valence-electron chi connectivity index (χ1n) is 6.14. The highest BCUT2D eigenvalue weighted by molar-refractivity contribution is 6.35. The molecule has 2 atom stereocenters. The van der Waals surface area contributed by atoms with Crippen LogP contribution in [0.3, 0.4) is 0 Å². The van der Waals surface area contributed by atoms with Crippen LogP contribution in [-0.4, -0.2) is 40.3 Å². The Morgan fingerprint density at radius 1 is 1.50 bits per heavy atom. The minimum absolute atomic E-state index is 0.0434. The number of aliphatic hydroxyl groups is 1. The molecule has 1 saturated heterocycles. The summed E-state index contributed by atoms with van der Waals surface area (Å²) in [6.45, 7) is 0. The second-order valence-corrected chi connectivity index (χ2v) is 5.26. The molecule has 2 heterocycles. The smallest absolute Gasteiger partial charge is 0.319 e. The Morgan fingerprint density at radius 3 is 2.90 bits per heavy atom. The number of carbonyl (C=O) groups excluding carboxylic acids is 1. The molecule has 1 fully saturated rings. The van der Waals surface area contributed by atoms with E-state index in [-0.39, 0.29) is 11.1 Å². The molecule has 3 rings (SSSR count). The number of aromatic nitrogens is 1. The number of hydrogen-bond donors (Lipinski definition) is 3. The van der Waals surface area contributed by atoms with Gasteiger partial charge in [-0.1, -0.05) is 11.6 Å². The molecule has 106 valence electrons. The maximum atomic E-state index is 13.4. The van der Waals surface area contributed by atoms with Crippen molar-refractivity contribution in [2.24, 2.45) is 0 Å². The zero-order chi connectivity index (χ0) is 14.4. The Hall–Kier alpha value is -1.79. The average Bonchev–Trinajstić information content (AvgIpc) is 2.93. The molecule has 1 aromatic heterocycles. The second kappa shape index (κ2) is 4.64. The van der Waals surface area contributed by atoms with Crippen LogP contribution in [0.25, 0.3) is 10.9 Å². The second-order valence-electron chi connectivity index (χ2n) is 4.88. The fourth-order valence-corrected chi connectivity index (χ4v) is 2.70. The van der Waals surface area contributed by atoms with Crippen molar-refractivity contribution in [3.05, 3.63) is 34.7 Å². The number of amides is 2. The number of H-pyrrole nitrogens is 1. The summed E-state index contributed by atoms with van der Waals surface area (Å²) in [5.41, 5.74) is 1.38. The summed E-state index contributed by atoms with van der Waals surface area (Å²) in [5.74, 6) is -0.485. The third-order valence-corrected chi connectivity index (χ3v) is 4.03. The first kappa shape index (κ1) is 13.2. The number of halogens is 2. The third kappa shape index (κ3) is 1.92. The van der Waals surface area contributed by atoms with E-state index >= 15 is 0 Å². The highest BCUT2D eigenvalue weighted by Gasteiger charge is 2.35. The summed E-state index contributed by atoms with van der Waals surface area (Å²) in [4.78, 5) is 15.6. The lowest BCUT2D eigenvalue weighted by Gasteiger charge is -2.16. The highest BCUT2D eigenvalue weighted by atomic mass is 35.5. The van der Waals surface area contributed by atoms with E-state index in [0.717, 1.165) is 10.9 Å². The van der Waals surface area contributed by atoms with E-state index < -0.39 is 18.1 Å². The van der Waals surface area contributed by atoms with Gasteiger partial charge in [0.2, 0.25) is 0 Å². The quantitative estimate of drug-likeness (QED) is 0.792. The maximum Gasteiger partial charge on any atom is 0.319 e. The van der Waals surface area contributed by atoms with Gasteiger partial charge in [0, 0.05) is 18.6 Å². The van der Waals surface area contributed by atoms with Crippen molar-refractivity contribution in [3.63, 3.8) is 0 Å². The van der Waals surface area contributed by atoms with Gasteiger partial charge in [-0.05, 0) is 24.1 Å². The molecule has 7 heteroatoms. The molecule has 2 amide bonds. The van der Waals surface area contributed by atoms with Gasteiger partial charge in [0.15, 0.2) is 6.23 Å². The minimum atomic E-state index is -0.886. The van der Waals surface area contributed by atoms with E-state index in [1.54, 1.807) is 12.3 Å². The van der Waals surface area contributed by atoms with Crippen LogP contribution >= 0.6 is 11.6 Å². The summed E-state index contributed by atoms with van der Waals surface area (Å²) < 4.78 is 13.4. The molecule has 5 nitrogen and oxygen atoms in total. The Morgan fingerprint density at radius 2 is 2.25 bits per heavy atom. The van der Waals surface area contributed by atoms with Crippen molar-refractivity contribution in [1.29, 1.82) is 0 Å². The monoisotopic (exact) mass is 297 g/mol. The first-order chi connectivity index (χ1) is 9.49. The molecule has 1 aromatic carbocycles. The molecule has 1 aliphatic rings. The normalized spacial score (nSPS) is 22.6. The number of rotatable bonds is 2. The predicted octanol–water partition coefficient (Wildman–Crippen LogP) is 1.84. The van der Waals surface area contributed by atoms with Crippen molar-refractivity contribution < 1.29 is 14.3 Å². The van der Waals surface area contributed by atoms with Gasteiger partial charge in [-0.15, -0.1) is 0 Å². The molecule has 3 N–H and O–H groups in total. The molecule has 1 aliphatic heterocycles. The molecule has 20 heavy (non-hydrogen) atoms. The summed E-state index contributed by atoms with van der Waals surface area (Å²) in [5, 5.41) is 13.5. The van der Waals surface area contributed by atoms with Crippen LogP contribution < -0.4 is 5.32 Å². The predicted molar refractivity (Wildman–Crippen MR) is 73.1 cm³/mol. The largest absolute Gasteiger partial charge is 0.371 e. The Labute approximate surface area is 119 Å². The Kier molecular flexibility index (Phi) is 3.07. The van der Waals surface area contributed by atoms with E-state index in [4.69, 9.17) is 11.6 Å². The van der Waals surface area contributed by atoms with Crippen LogP contribution in [-0.2, 0) is 6.42 Å². The number of hydrogen-bond acceptors (Lipinski definition) is 2. The number of fused-ring (bicyclic) bond motifs is 1. The van der Waals surface area contributed by atoms with Gasteiger partial charge in [0.1, 0.15) is 10.8 Å². The van der Waals surface area contributed by atoms with Gasteiger partial charge in [0.25, 0.3) is 0 Å². The van der Waals surface area contributed by atoms with Gasteiger partial charge in [-0.2, -0.15) is 0 Å². The molecule has 1 unspecified atom stereocenters. The molecule has 2 aromatic rings. The van der Waals surface area contributed by atoms with E-state index in [9.17, 15) is 14.3 Å². The van der Waals surface area contributed by atoms with Gasteiger partial charge < -0.3 is 20.3 Å². The fourth-order valence-electron chi connectivity index (χ4n) is 2.48. The van der Waals surface area contributed by atoms with Gasteiger partial charge in [-0.3, -0.25) is 0 Å². The molecule has 0 spiro atoms. The van der Waals surface area contributed by atoms with Crippen molar-refractivity contribution in [2.75, 3.05) is 7.05 Å². The molecule has 0 saturated carbocycles. The number of urea groups is 1. The summed E-state index contributed by atoms with van der Waals surface area (Å²) in [7, 11) is 1.53. The minimum Gasteiger partial charge on any atom is -0.371 e. The topological polar surface area (TPSA) is 68.4 Å². The maximum absolute atomic E-state index is 13.4. The van der Waals surface area contributed by atoms with Gasteiger partial charge in [-0.25, -0.2) is 9.18 Å². The van der Waals surface area contributed by atoms with E-state index in [2.05, 4.69) is 10.3 Å². The number of benzene rings is 1. The Balaban J connectivity index is 1.93. The van der Waals surface area contributed by atoms with Crippen LogP contribution in [0.15, 0.2) is 18.3 Å². The number of likely N-dealkylation sites (N-methyl/N-ethyl adjacent to an activating group) is 1. The summed E-state index contributed by atoms with van der Waals surface area (Å²) in [6.07, 6.45) is 1.26. The number of carbonyl (C=O) groups is 1.